The Bertz CT molecular complexity index is 783. The van der Waals surface area contributed by atoms with Crippen molar-refractivity contribution < 1.29 is 4.79 Å². The first-order valence-corrected chi connectivity index (χ1v) is 5.79. The van der Waals surface area contributed by atoms with Crippen molar-refractivity contribution >= 4 is 40.3 Å². The molecule has 0 atom stereocenters. The monoisotopic (exact) mass is 269 g/mol. The van der Waals surface area contributed by atoms with E-state index in [-0.39, 0.29) is 11.0 Å². The Kier molecular flexibility index (Phi) is 2.51. The zero-order valence-electron chi connectivity index (χ0n) is 9.52. The van der Waals surface area contributed by atoms with E-state index < -0.39 is 0 Å². The molecule has 1 aliphatic rings. The Morgan fingerprint density at radius 3 is 2.95 bits per heavy atom. The SMILES string of the molecule is N#Cc1cnc2[nH]cc(/C=C3\NC(=S)NC3=O)c2c1. The lowest BCUT2D eigenvalue weighted by Crippen LogP contribution is -2.21. The number of carbonyl (C=O) groups excluding carboxylic acids is 1. The van der Waals surface area contributed by atoms with E-state index >= 15 is 0 Å². The van der Waals surface area contributed by atoms with E-state index in [0.29, 0.717) is 16.9 Å². The number of nitrogens with one attached hydrogen (secondary N) is 3. The summed E-state index contributed by atoms with van der Waals surface area (Å²) in [6.07, 6.45) is 4.88. The van der Waals surface area contributed by atoms with Crippen molar-refractivity contribution in [3.63, 3.8) is 0 Å². The standard InChI is InChI=1S/C12H7N5OS/c13-3-6-1-8-7(5-15-10(8)14-4-6)2-9-11(18)17-12(19)16-9/h1-2,4-5H,(H,14,15)(H2,16,17,18,19)/b9-2-. The molecule has 6 nitrogen and oxygen atoms in total. The van der Waals surface area contributed by atoms with Crippen molar-refractivity contribution in [3.05, 3.63) is 35.3 Å². The van der Waals surface area contributed by atoms with Crippen LogP contribution in [0.15, 0.2) is 24.2 Å². The number of rotatable bonds is 1. The first kappa shape index (κ1) is 11.4. The fourth-order valence-electron chi connectivity index (χ4n) is 1.84. The fourth-order valence-corrected chi connectivity index (χ4v) is 2.04. The third-order valence-electron chi connectivity index (χ3n) is 2.71. The van der Waals surface area contributed by atoms with E-state index in [2.05, 4.69) is 20.6 Å². The number of fused-ring (bicyclic) bond motifs is 1. The zero-order chi connectivity index (χ0) is 13.4. The van der Waals surface area contributed by atoms with Crippen molar-refractivity contribution in [2.24, 2.45) is 0 Å². The number of aromatic amines is 1. The average Bonchev–Trinajstić information content (AvgIpc) is 2.93. The number of amides is 1. The summed E-state index contributed by atoms with van der Waals surface area (Å²) in [5.74, 6) is -0.274. The van der Waals surface area contributed by atoms with Gasteiger partial charge in [-0.1, -0.05) is 0 Å². The highest BCUT2D eigenvalue weighted by Crippen LogP contribution is 2.20. The van der Waals surface area contributed by atoms with Crippen LogP contribution >= 0.6 is 12.2 Å². The number of pyridine rings is 1. The summed E-state index contributed by atoms with van der Waals surface area (Å²) >= 11 is 4.86. The molecule has 0 aliphatic carbocycles. The largest absolute Gasteiger partial charge is 0.346 e. The number of nitriles is 1. The minimum atomic E-state index is -0.274. The predicted molar refractivity (Wildman–Crippen MR) is 72.7 cm³/mol. The van der Waals surface area contributed by atoms with E-state index in [1.54, 1.807) is 18.3 Å². The molecule has 1 aliphatic heterocycles. The second-order valence-corrected chi connectivity index (χ2v) is 4.35. The van der Waals surface area contributed by atoms with E-state index in [4.69, 9.17) is 17.5 Å². The summed E-state index contributed by atoms with van der Waals surface area (Å²) in [7, 11) is 0. The van der Waals surface area contributed by atoms with Crippen LogP contribution in [0.3, 0.4) is 0 Å². The lowest BCUT2D eigenvalue weighted by Gasteiger charge is -1.95. The van der Waals surface area contributed by atoms with Gasteiger partial charge in [0.1, 0.15) is 17.4 Å². The highest BCUT2D eigenvalue weighted by molar-refractivity contribution is 7.80. The molecule has 3 N–H and O–H groups in total. The van der Waals surface area contributed by atoms with Crippen LogP contribution < -0.4 is 10.6 Å². The molecule has 7 heteroatoms. The molecule has 0 unspecified atom stereocenters. The third kappa shape index (κ3) is 1.94. The summed E-state index contributed by atoms with van der Waals surface area (Å²) in [6, 6.07) is 3.75. The smallest absolute Gasteiger partial charge is 0.273 e. The van der Waals surface area contributed by atoms with Gasteiger partial charge in [-0.15, -0.1) is 0 Å². The van der Waals surface area contributed by atoms with Crippen molar-refractivity contribution in [2.45, 2.75) is 0 Å². The van der Waals surface area contributed by atoms with Gasteiger partial charge < -0.3 is 10.3 Å². The van der Waals surface area contributed by atoms with Crippen molar-refractivity contribution in [3.8, 4) is 6.07 Å². The second-order valence-electron chi connectivity index (χ2n) is 3.94. The van der Waals surface area contributed by atoms with Gasteiger partial charge in [0.05, 0.1) is 5.56 Å². The number of H-pyrrole nitrogens is 1. The van der Waals surface area contributed by atoms with Crippen LogP contribution in [0.25, 0.3) is 17.1 Å². The molecule has 19 heavy (non-hydrogen) atoms. The summed E-state index contributed by atoms with van der Waals surface area (Å²) in [4.78, 5) is 18.7. The molecule has 0 saturated carbocycles. The van der Waals surface area contributed by atoms with E-state index in [1.165, 1.54) is 6.20 Å². The summed E-state index contributed by atoms with van der Waals surface area (Å²) in [5, 5.41) is 15.2. The van der Waals surface area contributed by atoms with Crippen LogP contribution in [-0.2, 0) is 4.79 Å². The van der Waals surface area contributed by atoms with Gasteiger partial charge in [0.25, 0.3) is 5.91 Å². The van der Waals surface area contributed by atoms with Crippen molar-refractivity contribution in [2.75, 3.05) is 0 Å². The minimum Gasteiger partial charge on any atom is -0.346 e. The Balaban J connectivity index is 2.11. The van der Waals surface area contributed by atoms with Crippen LogP contribution in [0.2, 0.25) is 0 Å². The Morgan fingerprint density at radius 1 is 1.42 bits per heavy atom. The lowest BCUT2D eigenvalue weighted by molar-refractivity contribution is -0.115. The maximum Gasteiger partial charge on any atom is 0.273 e. The highest BCUT2D eigenvalue weighted by Gasteiger charge is 2.20. The Hall–Kier alpha value is -2.72. The molecule has 1 fully saturated rings. The molecular formula is C12H7N5OS. The summed E-state index contributed by atoms with van der Waals surface area (Å²) in [5.41, 5.74) is 2.26. The van der Waals surface area contributed by atoms with Gasteiger partial charge in [-0.05, 0) is 24.4 Å². The molecule has 0 radical (unpaired) electrons. The second kappa shape index (κ2) is 4.19. The fraction of sp³-hybridized carbons (Fsp3) is 0. The highest BCUT2D eigenvalue weighted by atomic mass is 32.1. The quantitative estimate of drug-likeness (QED) is 0.525. The van der Waals surface area contributed by atoms with E-state index in [9.17, 15) is 4.79 Å². The van der Waals surface area contributed by atoms with Gasteiger partial charge in [0.15, 0.2) is 5.11 Å². The topological polar surface area (TPSA) is 93.6 Å². The number of hydrogen-bond donors (Lipinski definition) is 3. The van der Waals surface area contributed by atoms with Crippen molar-refractivity contribution in [1.29, 1.82) is 5.26 Å². The zero-order valence-corrected chi connectivity index (χ0v) is 10.3. The molecule has 3 heterocycles. The first-order valence-electron chi connectivity index (χ1n) is 5.38. The minimum absolute atomic E-state index is 0.274. The number of aromatic nitrogens is 2. The van der Waals surface area contributed by atoms with E-state index in [0.717, 1.165) is 10.9 Å². The van der Waals surface area contributed by atoms with Crippen LogP contribution in [-0.4, -0.2) is 21.0 Å². The number of nitrogens with zero attached hydrogens (tertiary/aromatic N) is 2. The average molecular weight is 269 g/mol. The Labute approximate surface area is 113 Å². The lowest BCUT2D eigenvalue weighted by atomic mass is 10.1. The predicted octanol–water partition coefficient (Wildman–Crippen LogP) is 0.780. The van der Waals surface area contributed by atoms with Crippen LogP contribution in [0.1, 0.15) is 11.1 Å². The first-order chi connectivity index (χ1) is 9.17. The summed E-state index contributed by atoms with van der Waals surface area (Å²) in [6.45, 7) is 0. The van der Waals surface area contributed by atoms with Gasteiger partial charge in [-0.3, -0.25) is 10.1 Å². The molecule has 0 bridgehead atoms. The van der Waals surface area contributed by atoms with Gasteiger partial charge in [-0.2, -0.15) is 5.26 Å². The molecule has 1 amide bonds. The molecule has 2 aromatic heterocycles. The molecule has 1 saturated heterocycles. The van der Waals surface area contributed by atoms with E-state index in [1.807, 2.05) is 6.07 Å². The molecule has 2 aromatic rings. The Morgan fingerprint density at radius 2 is 2.26 bits per heavy atom. The van der Waals surface area contributed by atoms with Gasteiger partial charge >= 0.3 is 0 Å². The number of carbonyl (C=O) groups is 1. The van der Waals surface area contributed by atoms with Crippen LogP contribution in [0.5, 0.6) is 0 Å². The van der Waals surface area contributed by atoms with Gasteiger partial charge in [0.2, 0.25) is 0 Å². The number of thiocarbonyl (C=S) groups is 1. The normalized spacial score (nSPS) is 16.5. The molecular weight excluding hydrogens is 262 g/mol. The maximum atomic E-state index is 11.6. The molecule has 3 rings (SSSR count). The summed E-state index contributed by atoms with van der Waals surface area (Å²) < 4.78 is 0. The van der Waals surface area contributed by atoms with Gasteiger partial charge in [-0.25, -0.2) is 4.98 Å². The molecule has 0 spiro atoms. The molecule has 0 aromatic carbocycles. The molecule has 92 valence electrons. The van der Waals surface area contributed by atoms with Crippen molar-refractivity contribution in [1.82, 2.24) is 20.6 Å². The van der Waals surface area contributed by atoms with Gasteiger partial charge in [0, 0.05) is 23.3 Å². The van der Waals surface area contributed by atoms with Crippen LogP contribution in [0, 0.1) is 11.3 Å². The maximum absolute atomic E-state index is 11.6. The third-order valence-corrected chi connectivity index (χ3v) is 2.92. The number of hydrogen-bond acceptors (Lipinski definition) is 4. The van der Waals surface area contributed by atoms with Crippen LogP contribution in [0.4, 0.5) is 0 Å².